The van der Waals surface area contributed by atoms with Crippen molar-refractivity contribution < 1.29 is 28.6 Å². The van der Waals surface area contributed by atoms with Crippen molar-refractivity contribution in [2.75, 3.05) is 14.2 Å². The molecule has 182 valence electrons. The van der Waals surface area contributed by atoms with Gasteiger partial charge in [0.1, 0.15) is 23.7 Å². The number of nitrogens with zero attached hydrogens (tertiary/aromatic N) is 2. The van der Waals surface area contributed by atoms with Crippen LogP contribution in [0.1, 0.15) is 43.0 Å². The average molecular weight is 486 g/mol. The number of carboxylic acid groups (broad SMARTS) is 1. The molecule has 1 aliphatic heterocycles. The van der Waals surface area contributed by atoms with Gasteiger partial charge in [-0.2, -0.15) is 0 Å². The Bertz CT molecular complexity index is 1480. The smallest absolute Gasteiger partial charge is 0.336 e. The molecule has 36 heavy (non-hydrogen) atoms. The number of benzene rings is 3. The number of hydrogen-bond acceptors (Lipinski definition) is 5. The van der Waals surface area contributed by atoms with Gasteiger partial charge >= 0.3 is 5.97 Å². The molecule has 8 heteroatoms. The van der Waals surface area contributed by atoms with Crippen LogP contribution >= 0.6 is 0 Å². The van der Waals surface area contributed by atoms with Crippen molar-refractivity contribution in [2.45, 2.75) is 19.6 Å². The SMILES string of the molecule is COc1ccc(COc2c3c(c(C(=O)O)c4cc(Cc5ccc(F)cc5)cnc24)CN(C)C3=O)cc1. The number of rotatable bonds is 7. The van der Waals surface area contributed by atoms with Gasteiger partial charge < -0.3 is 19.5 Å². The highest BCUT2D eigenvalue weighted by Crippen LogP contribution is 2.40. The van der Waals surface area contributed by atoms with Crippen LogP contribution in [0, 0.1) is 5.82 Å². The molecular formula is C28H23FN2O5. The number of aromatic nitrogens is 1. The zero-order valence-electron chi connectivity index (χ0n) is 19.7. The molecule has 2 heterocycles. The third-order valence-electron chi connectivity index (χ3n) is 6.29. The van der Waals surface area contributed by atoms with Gasteiger partial charge in [-0.25, -0.2) is 9.18 Å². The Morgan fingerprint density at radius 2 is 1.78 bits per heavy atom. The van der Waals surface area contributed by atoms with E-state index in [0.717, 1.165) is 16.7 Å². The van der Waals surface area contributed by atoms with Gasteiger partial charge in [0.05, 0.1) is 18.2 Å². The molecule has 0 radical (unpaired) electrons. The van der Waals surface area contributed by atoms with Gasteiger partial charge in [-0.3, -0.25) is 9.78 Å². The van der Waals surface area contributed by atoms with Crippen LogP contribution in [0.5, 0.6) is 11.5 Å². The van der Waals surface area contributed by atoms with E-state index in [0.29, 0.717) is 28.6 Å². The summed E-state index contributed by atoms with van der Waals surface area (Å²) in [6, 6.07) is 15.2. The molecule has 0 fully saturated rings. The molecule has 0 saturated heterocycles. The van der Waals surface area contributed by atoms with Crippen molar-refractivity contribution >= 4 is 22.8 Å². The second kappa shape index (κ2) is 9.30. The number of amides is 1. The number of aromatic carboxylic acids is 1. The Labute approximate surface area is 206 Å². The summed E-state index contributed by atoms with van der Waals surface area (Å²) in [6.07, 6.45) is 2.08. The largest absolute Gasteiger partial charge is 0.497 e. The number of methoxy groups -OCH3 is 1. The molecule has 4 aromatic rings. The molecule has 1 aliphatic rings. The lowest BCUT2D eigenvalue weighted by Gasteiger charge is -2.16. The summed E-state index contributed by atoms with van der Waals surface area (Å²) >= 11 is 0. The second-order valence-electron chi connectivity index (χ2n) is 8.70. The van der Waals surface area contributed by atoms with Crippen LogP contribution in [0.15, 0.2) is 60.8 Å². The van der Waals surface area contributed by atoms with E-state index in [2.05, 4.69) is 4.98 Å². The molecule has 0 aliphatic carbocycles. The van der Waals surface area contributed by atoms with Gasteiger partial charge in [-0.15, -0.1) is 0 Å². The van der Waals surface area contributed by atoms with Crippen molar-refractivity contribution in [1.82, 2.24) is 9.88 Å². The maximum Gasteiger partial charge on any atom is 0.336 e. The molecule has 0 atom stereocenters. The lowest BCUT2D eigenvalue weighted by Crippen LogP contribution is -2.18. The molecule has 5 rings (SSSR count). The first kappa shape index (κ1) is 23.3. The molecule has 0 saturated carbocycles. The zero-order valence-corrected chi connectivity index (χ0v) is 19.7. The third-order valence-corrected chi connectivity index (χ3v) is 6.29. The number of halogens is 1. The summed E-state index contributed by atoms with van der Waals surface area (Å²) in [5, 5.41) is 10.5. The first-order valence-corrected chi connectivity index (χ1v) is 11.3. The van der Waals surface area contributed by atoms with Gasteiger partial charge in [0, 0.05) is 30.7 Å². The zero-order chi connectivity index (χ0) is 25.4. The van der Waals surface area contributed by atoms with Crippen LogP contribution < -0.4 is 9.47 Å². The number of carboxylic acids is 1. The molecule has 0 bridgehead atoms. The standard InChI is InChI=1S/C28H23FN2O5/c1-31-14-22-23(28(33)34)21-12-18(11-16-3-7-19(29)8-4-16)13-30-25(21)26(24(22)27(31)32)36-15-17-5-9-20(35-2)10-6-17/h3-10,12-13H,11,14-15H2,1-2H3,(H,33,34). The first-order chi connectivity index (χ1) is 17.4. The normalized spacial score (nSPS) is 12.6. The molecule has 1 aromatic heterocycles. The first-order valence-electron chi connectivity index (χ1n) is 11.3. The summed E-state index contributed by atoms with van der Waals surface area (Å²) in [6.45, 7) is 0.320. The van der Waals surface area contributed by atoms with E-state index >= 15 is 0 Å². The predicted octanol–water partition coefficient (Wildman–Crippen LogP) is 4.84. The fraction of sp³-hybridized carbons (Fsp3) is 0.179. The Morgan fingerprint density at radius 3 is 2.44 bits per heavy atom. The van der Waals surface area contributed by atoms with E-state index in [9.17, 15) is 19.1 Å². The lowest BCUT2D eigenvalue weighted by atomic mass is 9.95. The number of fused-ring (bicyclic) bond motifs is 2. The highest BCUT2D eigenvalue weighted by molar-refractivity contribution is 6.14. The number of pyridine rings is 1. The quantitative estimate of drug-likeness (QED) is 0.402. The van der Waals surface area contributed by atoms with E-state index in [4.69, 9.17) is 9.47 Å². The van der Waals surface area contributed by atoms with Crippen LogP contribution in [0.3, 0.4) is 0 Å². The molecule has 3 aromatic carbocycles. The van der Waals surface area contributed by atoms with Crippen molar-refractivity contribution in [3.05, 3.63) is 100.0 Å². The fourth-order valence-electron chi connectivity index (χ4n) is 4.50. The van der Waals surface area contributed by atoms with Crippen molar-refractivity contribution in [1.29, 1.82) is 0 Å². The summed E-state index contributed by atoms with van der Waals surface area (Å²) in [4.78, 5) is 31.5. The van der Waals surface area contributed by atoms with Crippen molar-refractivity contribution in [2.24, 2.45) is 0 Å². The van der Waals surface area contributed by atoms with Gasteiger partial charge in [-0.05, 0) is 53.4 Å². The number of hydrogen-bond donors (Lipinski definition) is 1. The van der Waals surface area contributed by atoms with Crippen LogP contribution in [-0.4, -0.2) is 41.0 Å². The second-order valence-corrected chi connectivity index (χ2v) is 8.70. The predicted molar refractivity (Wildman–Crippen MR) is 131 cm³/mol. The molecule has 7 nitrogen and oxygen atoms in total. The van der Waals surface area contributed by atoms with Crippen LogP contribution in [0.25, 0.3) is 10.9 Å². The summed E-state index contributed by atoms with van der Waals surface area (Å²) in [5.74, 6) is -0.795. The summed E-state index contributed by atoms with van der Waals surface area (Å²) in [7, 11) is 3.21. The third kappa shape index (κ3) is 4.22. The number of carbonyl (C=O) groups is 2. The molecule has 1 amide bonds. The highest BCUT2D eigenvalue weighted by atomic mass is 19.1. The minimum absolute atomic E-state index is 0.0444. The minimum Gasteiger partial charge on any atom is -0.497 e. The van der Waals surface area contributed by atoms with E-state index < -0.39 is 5.97 Å². The Kier molecular flexibility index (Phi) is 6.01. The lowest BCUT2D eigenvalue weighted by molar-refractivity contribution is 0.0695. The minimum atomic E-state index is -1.14. The van der Waals surface area contributed by atoms with Gasteiger partial charge in [0.25, 0.3) is 5.91 Å². The number of ether oxygens (including phenoxy) is 2. The van der Waals surface area contributed by atoms with Crippen LogP contribution in [0.4, 0.5) is 4.39 Å². The molecule has 0 spiro atoms. The fourth-order valence-corrected chi connectivity index (χ4v) is 4.50. The highest BCUT2D eigenvalue weighted by Gasteiger charge is 2.36. The molecule has 0 unspecified atom stereocenters. The van der Waals surface area contributed by atoms with E-state index in [1.807, 2.05) is 24.3 Å². The van der Waals surface area contributed by atoms with Crippen molar-refractivity contribution in [3.8, 4) is 11.5 Å². The van der Waals surface area contributed by atoms with E-state index in [1.54, 1.807) is 38.6 Å². The monoisotopic (exact) mass is 486 g/mol. The van der Waals surface area contributed by atoms with E-state index in [1.165, 1.54) is 17.0 Å². The summed E-state index contributed by atoms with van der Waals surface area (Å²) < 4.78 is 24.7. The molecular weight excluding hydrogens is 463 g/mol. The Hall–Kier alpha value is -4.46. The van der Waals surface area contributed by atoms with E-state index in [-0.39, 0.29) is 41.8 Å². The maximum atomic E-state index is 13.3. The van der Waals surface area contributed by atoms with Gasteiger partial charge in [-0.1, -0.05) is 24.3 Å². The molecule has 1 N–H and O–H groups in total. The Morgan fingerprint density at radius 1 is 1.08 bits per heavy atom. The van der Waals surface area contributed by atoms with Crippen LogP contribution in [0.2, 0.25) is 0 Å². The van der Waals surface area contributed by atoms with Gasteiger partial charge in [0.15, 0.2) is 5.75 Å². The average Bonchev–Trinajstić information content (AvgIpc) is 3.16. The van der Waals surface area contributed by atoms with Crippen molar-refractivity contribution in [3.63, 3.8) is 0 Å². The Balaban J connectivity index is 1.62. The van der Waals surface area contributed by atoms with Gasteiger partial charge in [0.2, 0.25) is 0 Å². The van der Waals surface area contributed by atoms with Crippen LogP contribution in [-0.2, 0) is 19.6 Å². The number of carbonyl (C=O) groups excluding carboxylic acids is 1. The summed E-state index contributed by atoms with van der Waals surface area (Å²) in [5.41, 5.74) is 3.47. The maximum absolute atomic E-state index is 13.3. The topological polar surface area (TPSA) is 89.0 Å².